The van der Waals surface area contributed by atoms with E-state index in [9.17, 15) is 9.59 Å². The molecule has 0 unspecified atom stereocenters. The molecule has 5 heteroatoms. The molecule has 0 saturated heterocycles. The third kappa shape index (κ3) is 1.67. The summed E-state index contributed by atoms with van der Waals surface area (Å²) in [4.78, 5) is 27.9. The van der Waals surface area contributed by atoms with Gasteiger partial charge in [-0.05, 0) is 26.3 Å². The summed E-state index contributed by atoms with van der Waals surface area (Å²) >= 11 is 0. The molecule has 1 aromatic rings. The number of hydrogen-bond donors (Lipinski definition) is 1. The van der Waals surface area contributed by atoms with Crippen molar-refractivity contribution in [2.75, 3.05) is 6.54 Å². The van der Waals surface area contributed by atoms with Gasteiger partial charge in [-0.2, -0.15) is 0 Å². The van der Waals surface area contributed by atoms with Gasteiger partial charge in [-0.3, -0.25) is 14.2 Å². The summed E-state index contributed by atoms with van der Waals surface area (Å²) in [6.07, 6.45) is 1.73. The van der Waals surface area contributed by atoms with Gasteiger partial charge in [0.1, 0.15) is 0 Å². The maximum absolute atomic E-state index is 12.1. The lowest BCUT2D eigenvalue weighted by Gasteiger charge is -2.18. The molecule has 0 radical (unpaired) electrons. The molecular weight excluding hydrogens is 206 g/mol. The Bertz CT molecular complexity index is 491. The molecule has 2 rings (SSSR count). The minimum absolute atomic E-state index is 0.0363. The van der Waals surface area contributed by atoms with Crippen LogP contribution in [0.15, 0.2) is 4.79 Å². The molecule has 0 saturated carbocycles. The Morgan fingerprint density at radius 3 is 2.88 bits per heavy atom. The summed E-state index contributed by atoms with van der Waals surface area (Å²) in [5, 5.41) is 0. The van der Waals surface area contributed by atoms with Gasteiger partial charge in [0.05, 0.1) is 0 Å². The van der Waals surface area contributed by atoms with Crippen LogP contribution in [-0.4, -0.2) is 21.9 Å². The van der Waals surface area contributed by atoms with Gasteiger partial charge in [-0.1, -0.05) is 0 Å². The Balaban J connectivity index is 2.62. The van der Waals surface area contributed by atoms with Crippen LogP contribution in [0.3, 0.4) is 0 Å². The lowest BCUT2D eigenvalue weighted by molar-refractivity contribution is 0.0945. The van der Waals surface area contributed by atoms with Crippen molar-refractivity contribution in [1.29, 1.82) is 0 Å². The zero-order valence-electron chi connectivity index (χ0n) is 9.32. The van der Waals surface area contributed by atoms with Crippen LogP contribution in [0, 0.1) is 6.92 Å². The maximum Gasteiger partial charge on any atom is 0.257 e. The van der Waals surface area contributed by atoms with Gasteiger partial charge >= 0.3 is 0 Å². The summed E-state index contributed by atoms with van der Waals surface area (Å²) < 4.78 is 1.49. The predicted octanol–water partition coefficient (Wildman–Crippen LogP) is 0.0294. The highest BCUT2D eigenvalue weighted by atomic mass is 16.1. The number of Topliss-reactive ketones (excluding diaryl/α,β-unsaturated/α-hetero) is 1. The molecule has 0 amide bonds. The van der Waals surface area contributed by atoms with Gasteiger partial charge < -0.3 is 5.73 Å². The van der Waals surface area contributed by atoms with Crippen LogP contribution in [0.5, 0.6) is 0 Å². The van der Waals surface area contributed by atoms with Gasteiger partial charge in [0.2, 0.25) is 0 Å². The minimum atomic E-state index is -0.0963. The highest BCUT2D eigenvalue weighted by molar-refractivity contribution is 5.93. The summed E-state index contributed by atoms with van der Waals surface area (Å²) in [6.45, 7) is 2.77. The van der Waals surface area contributed by atoms with E-state index in [0.717, 1.165) is 6.42 Å². The lowest BCUT2D eigenvalue weighted by Crippen LogP contribution is -2.35. The van der Waals surface area contributed by atoms with Crippen LogP contribution >= 0.6 is 0 Å². The van der Waals surface area contributed by atoms with E-state index in [2.05, 4.69) is 4.98 Å². The van der Waals surface area contributed by atoms with Gasteiger partial charge in [0.15, 0.2) is 11.6 Å². The normalized spacial score (nSPS) is 15.0. The first kappa shape index (κ1) is 11.0. The van der Waals surface area contributed by atoms with Crippen LogP contribution < -0.4 is 11.3 Å². The molecule has 1 aliphatic heterocycles. The van der Waals surface area contributed by atoms with Gasteiger partial charge in [-0.25, -0.2) is 4.98 Å². The fourth-order valence-electron chi connectivity index (χ4n) is 2.06. The standard InChI is InChI=1S/C11H15N3O2/c1-7-8(4-5-12)11(16)14-6-2-3-9(15)10(14)13-7/h2-6,12H2,1H3. The van der Waals surface area contributed by atoms with Gasteiger partial charge in [0, 0.05) is 24.2 Å². The lowest BCUT2D eigenvalue weighted by atomic mass is 10.1. The van der Waals surface area contributed by atoms with Crippen molar-refractivity contribution in [3.8, 4) is 0 Å². The predicted molar refractivity (Wildman–Crippen MR) is 59.6 cm³/mol. The Hall–Kier alpha value is -1.49. The summed E-state index contributed by atoms with van der Waals surface area (Å²) in [7, 11) is 0. The number of nitrogens with zero attached hydrogens (tertiary/aromatic N) is 2. The molecule has 0 aliphatic carbocycles. The molecule has 0 spiro atoms. The van der Waals surface area contributed by atoms with E-state index in [1.165, 1.54) is 4.57 Å². The van der Waals surface area contributed by atoms with Crippen molar-refractivity contribution in [2.45, 2.75) is 32.7 Å². The van der Waals surface area contributed by atoms with E-state index in [1.54, 1.807) is 6.92 Å². The van der Waals surface area contributed by atoms with Crippen LogP contribution in [0.1, 0.15) is 34.7 Å². The highest BCUT2D eigenvalue weighted by Gasteiger charge is 2.22. The second kappa shape index (κ2) is 4.17. The Labute approximate surface area is 93.3 Å². The average molecular weight is 221 g/mol. The van der Waals surface area contributed by atoms with E-state index in [4.69, 9.17) is 5.73 Å². The first-order valence-electron chi connectivity index (χ1n) is 5.48. The average Bonchev–Trinajstić information content (AvgIpc) is 2.26. The van der Waals surface area contributed by atoms with Crippen molar-refractivity contribution < 1.29 is 4.79 Å². The van der Waals surface area contributed by atoms with E-state index in [0.29, 0.717) is 43.0 Å². The Morgan fingerprint density at radius 1 is 1.44 bits per heavy atom. The van der Waals surface area contributed by atoms with Crippen molar-refractivity contribution >= 4 is 5.78 Å². The molecule has 16 heavy (non-hydrogen) atoms. The highest BCUT2D eigenvalue weighted by Crippen LogP contribution is 2.12. The molecule has 1 aromatic heterocycles. The van der Waals surface area contributed by atoms with Crippen LogP contribution in [0.25, 0.3) is 0 Å². The van der Waals surface area contributed by atoms with E-state index in [1.807, 2.05) is 0 Å². The van der Waals surface area contributed by atoms with E-state index < -0.39 is 0 Å². The molecule has 5 nitrogen and oxygen atoms in total. The summed E-state index contributed by atoms with van der Waals surface area (Å²) in [6, 6.07) is 0. The number of carbonyl (C=O) groups is 1. The second-order valence-electron chi connectivity index (χ2n) is 4.02. The number of aromatic nitrogens is 2. The maximum atomic E-state index is 12.1. The second-order valence-corrected chi connectivity index (χ2v) is 4.02. The molecule has 0 fully saturated rings. The molecule has 2 N–H and O–H groups in total. The van der Waals surface area contributed by atoms with Crippen LogP contribution in [-0.2, 0) is 13.0 Å². The van der Waals surface area contributed by atoms with Crippen molar-refractivity contribution in [3.63, 3.8) is 0 Å². The molecule has 1 aliphatic rings. The number of ketones is 1. The molecule has 0 bridgehead atoms. The largest absolute Gasteiger partial charge is 0.330 e. The third-order valence-corrected chi connectivity index (χ3v) is 2.90. The van der Waals surface area contributed by atoms with Gasteiger partial charge in [-0.15, -0.1) is 0 Å². The monoisotopic (exact) mass is 221 g/mol. The zero-order chi connectivity index (χ0) is 11.7. The molecule has 0 atom stereocenters. The topological polar surface area (TPSA) is 78.0 Å². The van der Waals surface area contributed by atoms with Crippen molar-refractivity contribution in [3.05, 3.63) is 27.4 Å². The quantitative estimate of drug-likeness (QED) is 0.764. The molecule has 86 valence electrons. The number of carbonyl (C=O) groups excluding carboxylic acids is 1. The zero-order valence-corrected chi connectivity index (χ0v) is 9.32. The van der Waals surface area contributed by atoms with Crippen LogP contribution in [0.2, 0.25) is 0 Å². The van der Waals surface area contributed by atoms with Gasteiger partial charge in [0.25, 0.3) is 5.56 Å². The van der Waals surface area contributed by atoms with E-state index in [-0.39, 0.29) is 11.3 Å². The SMILES string of the molecule is Cc1nc2n(c(=O)c1CCN)CCCC2=O. The number of fused-ring (bicyclic) bond motifs is 1. The number of rotatable bonds is 2. The number of hydrogen-bond acceptors (Lipinski definition) is 4. The minimum Gasteiger partial charge on any atom is -0.330 e. The molecular formula is C11H15N3O2. The summed E-state index contributed by atoms with van der Waals surface area (Å²) in [5.41, 5.74) is 6.64. The number of aryl methyl sites for hydroxylation is 1. The molecule has 2 heterocycles. The fourth-order valence-corrected chi connectivity index (χ4v) is 2.06. The Morgan fingerprint density at radius 2 is 2.19 bits per heavy atom. The third-order valence-electron chi connectivity index (χ3n) is 2.90. The van der Waals surface area contributed by atoms with Crippen molar-refractivity contribution in [1.82, 2.24) is 9.55 Å². The smallest absolute Gasteiger partial charge is 0.257 e. The first-order chi connectivity index (χ1) is 7.65. The van der Waals surface area contributed by atoms with Crippen molar-refractivity contribution in [2.24, 2.45) is 5.73 Å². The summed E-state index contributed by atoms with van der Waals surface area (Å²) in [5.74, 6) is 0.278. The first-order valence-corrected chi connectivity index (χ1v) is 5.48. The molecule has 0 aromatic carbocycles. The van der Waals surface area contributed by atoms with Crippen LogP contribution in [0.4, 0.5) is 0 Å². The fraction of sp³-hybridized carbons (Fsp3) is 0.545. The Kier molecular flexibility index (Phi) is 2.87. The van der Waals surface area contributed by atoms with E-state index >= 15 is 0 Å². The number of nitrogens with two attached hydrogens (primary N) is 1.